The van der Waals surface area contributed by atoms with Gasteiger partial charge in [0, 0.05) is 19.5 Å². The van der Waals surface area contributed by atoms with Gasteiger partial charge in [0.25, 0.3) is 0 Å². The van der Waals surface area contributed by atoms with Gasteiger partial charge in [-0.1, -0.05) is 6.07 Å². The van der Waals surface area contributed by atoms with E-state index in [-0.39, 0.29) is 24.4 Å². The van der Waals surface area contributed by atoms with Crippen LogP contribution in [-0.2, 0) is 4.79 Å². The summed E-state index contributed by atoms with van der Waals surface area (Å²) in [6, 6.07) is 2.85. The van der Waals surface area contributed by atoms with Gasteiger partial charge >= 0.3 is 0 Å². The number of hydrogen-bond acceptors (Lipinski definition) is 2. The molecule has 1 heterocycles. The third-order valence-corrected chi connectivity index (χ3v) is 2.91. The molecule has 1 fully saturated rings. The molecule has 86 valence electrons. The van der Waals surface area contributed by atoms with Crippen LogP contribution in [0.15, 0.2) is 18.2 Å². The molecule has 2 N–H and O–H groups in total. The Bertz CT molecular complexity index is 436. The quantitative estimate of drug-likeness (QED) is 0.782. The lowest BCUT2D eigenvalue weighted by Gasteiger charge is -2.23. The predicted molar refractivity (Wildman–Crippen MR) is 54.5 cm³/mol. The van der Waals surface area contributed by atoms with E-state index < -0.39 is 11.6 Å². The average molecular weight is 226 g/mol. The molecule has 0 aliphatic carbocycles. The van der Waals surface area contributed by atoms with Gasteiger partial charge in [0.1, 0.15) is 0 Å². The zero-order valence-electron chi connectivity index (χ0n) is 8.78. The minimum absolute atomic E-state index is 0.0813. The van der Waals surface area contributed by atoms with Crippen LogP contribution in [0.3, 0.4) is 0 Å². The molecule has 16 heavy (non-hydrogen) atoms. The summed E-state index contributed by atoms with van der Waals surface area (Å²) < 4.78 is 25.8. The van der Waals surface area contributed by atoms with Crippen LogP contribution in [0, 0.1) is 11.6 Å². The monoisotopic (exact) mass is 226 g/mol. The van der Waals surface area contributed by atoms with E-state index in [0.717, 1.165) is 12.1 Å². The molecule has 0 saturated carbocycles. The number of benzene rings is 1. The summed E-state index contributed by atoms with van der Waals surface area (Å²) in [6.45, 7) is 0. The normalized spacial score (nSPS) is 25.2. The van der Waals surface area contributed by atoms with Gasteiger partial charge in [-0.3, -0.25) is 4.79 Å². The van der Waals surface area contributed by atoms with Crippen molar-refractivity contribution in [3.05, 3.63) is 35.4 Å². The van der Waals surface area contributed by atoms with Crippen molar-refractivity contribution in [3.63, 3.8) is 0 Å². The van der Waals surface area contributed by atoms with E-state index >= 15 is 0 Å². The molecule has 0 spiro atoms. The van der Waals surface area contributed by atoms with Crippen LogP contribution in [0.1, 0.15) is 18.0 Å². The fourth-order valence-corrected chi connectivity index (χ4v) is 2.07. The van der Waals surface area contributed by atoms with E-state index in [1.54, 1.807) is 7.05 Å². The van der Waals surface area contributed by atoms with Crippen LogP contribution in [0.25, 0.3) is 0 Å². The Hall–Kier alpha value is -1.49. The first-order valence-electron chi connectivity index (χ1n) is 4.97. The molecule has 1 aliphatic heterocycles. The van der Waals surface area contributed by atoms with E-state index in [2.05, 4.69) is 0 Å². The van der Waals surface area contributed by atoms with Crippen molar-refractivity contribution in [2.24, 2.45) is 5.73 Å². The SMILES string of the molecule is CN1C(=O)C[C@H](N)[C@H]1c1ccc(F)c(F)c1. The summed E-state index contributed by atoms with van der Waals surface area (Å²) >= 11 is 0. The molecule has 1 saturated heterocycles. The highest BCUT2D eigenvalue weighted by molar-refractivity contribution is 5.80. The van der Waals surface area contributed by atoms with Gasteiger partial charge in [0.15, 0.2) is 11.6 Å². The Morgan fingerprint density at radius 1 is 1.38 bits per heavy atom. The molecule has 1 amide bonds. The van der Waals surface area contributed by atoms with Crippen molar-refractivity contribution in [1.82, 2.24) is 4.90 Å². The maximum Gasteiger partial charge on any atom is 0.224 e. The maximum atomic E-state index is 13.1. The van der Waals surface area contributed by atoms with E-state index in [0.29, 0.717) is 5.56 Å². The van der Waals surface area contributed by atoms with Crippen molar-refractivity contribution in [1.29, 1.82) is 0 Å². The number of hydrogen-bond donors (Lipinski definition) is 1. The largest absolute Gasteiger partial charge is 0.337 e. The maximum absolute atomic E-state index is 13.1. The molecule has 0 bridgehead atoms. The number of halogens is 2. The smallest absolute Gasteiger partial charge is 0.224 e. The van der Waals surface area contributed by atoms with Gasteiger partial charge in [-0.25, -0.2) is 8.78 Å². The molecular weight excluding hydrogens is 214 g/mol. The first-order chi connectivity index (χ1) is 7.50. The molecule has 1 aromatic rings. The number of likely N-dealkylation sites (tertiary alicyclic amines) is 1. The Kier molecular flexibility index (Phi) is 2.63. The number of amides is 1. The van der Waals surface area contributed by atoms with Gasteiger partial charge < -0.3 is 10.6 Å². The van der Waals surface area contributed by atoms with Crippen LogP contribution < -0.4 is 5.73 Å². The standard InChI is InChI=1S/C11H12F2N2O/c1-15-10(16)5-9(14)11(15)6-2-3-7(12)8(13)4-6/h2-4,9,11H,5,14H2,1H3/t9-,11+/m0/s1. The highest BCUT2D eigenvalue weighted by Gasteiger charge is 2.36. The molecule has 0 aromatic heterocycles. The Balaban J connectivity index is 2.37. The summed E-state index contributed by atoms with van der Waals surface area (Å²) in [5.74, 6) is -1.90. The van der Waals surface area contributed by atoms with Crippen molar-refractivity contribution in [2.45, 2.75) is 18.5 Å². The number of nitrogens with zero attached hydrogens (tertiary/aromatic N) is 1. The topological polar surface area (TPSA) is 46.3 Å². The first kappa shape index (κ1) is 11.0. The van der Waals surface area contributed by atoms with Crippen molar-refractivity contribution in [2.75, 3.05) is 7.05 Å². The highest BCUT2D eigenvalue weighted by Crippen LogP contribution is 2.31. The van der Waals surface area contributed by atoms with Crippen molar-refractivity contribution < 1.29 is 13.6 Å². The van der Waals surface area contributed by atoms with Gasteiger partial charge in [0.05, 0.1) is 6.04 Å². The zero-order chi connectivity index (χ0) is 11.9. The van der Waals surface area contributed by atoms with Crippen LogP contribution >= 0.6 is 0 Å². The third kappa shape index (κ3) is 1.67. The molecule has 3 nitrogen and oxygen atoms in total. The lowest BCUT2D eigenvalue weighted by molar-refractivity contribution is -0.127. The van der Waals surface area contributed by atoms with Crippen LogP contribution in [0.4, 0.5) is 8.78 Å². The van der Waals surface area contributed by atoms with E-state index in [9.17, 15) is 13.6 Å². The number of likely N-dealkylation sites (N-methyl/N-ethyl adjacent to an activating group) is 1. The predicted octanol–water partition coefficient (Wildman–Crippen LogP) is 1.20. The molecule has 1 aliphatic rings. The van der Waals surface area contributed by atoms with E-state index in [1.165, 1.54) is 11.0 Å². The molecule has 0 radical (unpaired) electrons. The molecule has 2 atom stereocenters. The molecule has 2 rings (SSSR count). The van der Waals surface area contributed by atoms with Crippen LogP contribution in [0.2, 0.25) is 0 Å². The summed E-state index contributed by atoms with van der Waals surface area (Å²) in [7, 11) is 1.61. The van der Waals surface area contributed by atoms with E-state index in [1.807, 2.05) is 0 Å². The Morgan fingerprint density at radius 3 is 2.56 bits per heavy atom. The fourth-order valence-electron chi connectivity index (χ4n) is 2.07. The lowest BCUT2D eigenvalue weighted by atomic mass is 10.0. The second-order valence-electron chi connectivity index (χ2n) is 3.99. The average Bonchev–Trinajstić information content (AvgIpc) is 2.47. The highest BCUT2D eigenvalue weighted by atomic mass is 19.2. The van der Waals surface area contributed by atoms with Gasteiger partial charge in [-0.2, -0.15) is 0 Å². The minimum atomic E-state index is -0.919. The first-order valence-corrected chi connectivity index (χ1v) is 4.97. The second-order valence-corrected chi connectivity index (χ2v) is 3.99. The second kappa shape index (κ2) is 3.83. The van der Waals surface area contributed by atoms with E-state index in [4.69, 9.17) is 5.73 Å². The molecular formula is C11H12F2N2O. The summed E-state index contributed by atoms with van der Waals surface area (Å²) in [4.78, 5) is 12.9. The molecule has 1 aromatic carbocycles. The number of carbonyl (C=O) groups excluding carboxylic acids is 1. The van der Waals surface area contributed by atoms with Gasteiger partial charge in [-0.15, -0.1) is 0 Å². The van der Waals surface area contributed by atoms with Gasteiger partial charge in [0.2, 0.25) is 5.91 Å². The Morgan fingerprint density at radius 2 is 2.06 bits per heavy atom. The van der Waals surface area contributed by atoms with Gasteiger partial charge in [-0.05, 0) is 17.7 Å². The number of carbonyl (C=O) groups is 1. The minimum Gasteiger partial charge on any atom is -0.337 e. The zero-order valence-corrected chi connectivity index (χ0v) is 8.78. The van der Waals surface area contributed by atoms with Crippen LogP contribution in [0.5, 0.6) is 0 Å². The summed E-state index contributed by atoms with van der Waals surface area (Å²) in [6.07, 6.45) is 0.236. The summed E-state index contributed by atoms with van der Waals surface area (Å²) in [5, 5.41) is 0. The molecule has 0 unspecified atom stereocenters. The Labute approximate surface area is 91.8 Å². The number of rotatable bonds is 1. The lowest BCUT2D eigenvalue weighted by Crippen LogP contribution is -2.30. The number of nitrogens with two attached hydrogens (primary N) is 1. The summed E-state index contributed by atoms with van der Waals surface area (Å²) in [5.41, 5.74) is 6.33. The third-order valence-electron chi connectivity index (χ3n) is 2.91. The van der Waals surface area contributed by atoms with Crippen molar-refractivity contribution >= 4 is 5.91 Å². The molecule has 5 heteroatoms. The fraction of sp³-hybridized carbons (Fsp3) is 0.364. The van der Waals surface area contributed by atoms with Crippen LogP contribution in [-0.4, -0.2) is 23.9 Å². The van der Waals surface area contributed by atoms with Crippen molar-refractivity contribution in [3.8, 4) is 0 Å².